The van der Waals surface area contributed by atoms with Gasteiger partial charge in [-0.3, -0.25) is 0 Å². The fourth-order valence-corrected chi connectivity index (χ4v) is 0.671. The van der Waals surface area contributed by atoms with Crippen molar-refractivity contribution in [2.45, 2.75) is 24.4 Å². The van der Waals surface area contributed by atoms with Gasteiger partial charge in [-0.25, -0.2) is 0 Å². The first kappa shape index (κ1) is 18.5. The molecule has 0 unspecified atom stereocenters. The van der Waals surface area contributed by atoms with Gasteiger partial charge in [-0.1, -0.05) is 0 Å². The third-order valence-electron chi connectivity index (χ3n) is 1.51. The van der Waals surface area contributed by atoms with Crippen molar-refractivity contribution >= 4 is 36.3 Å². The third kappa shape index (κ3) is 8.87. The fraction of sp³-hybridized carbons (Fsp3) is 1.00. The largest absolute Gasteiger partial charge is 0.618 e. The van der Waals surface area contributed by atoms with E-state index in [2.05, 4.69) is 0 Å². The van der Waals surface area contributed by atoms with Gasteiger partial charge in [0.15, 0.2) is 0 Å². The van der Waals surface area contributed by atoms with Crippen LogP contribution in [-0.4, -0.2) is 86.4 Å². The first-order valence-corrected chi connectivity index (χ1v) is 8.29. The van der Waals surface area contributed by atoms with Crippen molar-refractivity contribution in [3.05, 3.63) is 0 Å². The van der Waals surface area contributed by atoms with Crippen LogP contribution >= 0.6 is 18.1 Å². The minimum absolute atomic E-state index is 0.639. The summed E-state index contributed by atoms with van der Waals surface area (Å²) in [4.78, 5) is 0. The second-order valence-corrected chi connectivity index (χ2v) is 5.21. The van der Waals surface area contributed by atoms with Crippen LogP contribution < -0.4 is 0 Å². The van der Waals surface area contributed by atoms with E-state index in [9.17, 15) is 0 Å². The molecule has 0 saturated heterocycles. The van der Waals surface area contributed by atoms with E-state index in [0.29, 0.717) is 0 Å². The highest BCUT2D eigenvalue weighted by Gasteiger charge is 2.29. The van der Waals surface area contributed by atoms with Crippen molar-refractivity contribution in [3.8, 4) is 0 Å². The molecule has 0 aliphatic rings. The molecule has 0 amide bonds. The van der Waals surface area contributed by atoms with E-state index >= 15 is 0 Å². The Labute approximate surface area is 104 Å². The van der Waals surface area contributed by atoms with Crippen LogP contribution in [0.5, 0.6) is 0 Å². The summed E-state index contributed by atoms with van der Waals surface area (Å²) in [5.74, 6) is 0. The summed E-state index contributed by atoms with van der Waals surface area (Å²) in [5.41, 5.74) is 0. The van der Waals surface area contributed by atoms with Gasteiger partial charge < -0.3 is 48.8 Å². The second-order valence-electron chi connectivity index (χ2n) is 2.58. The number of halogens is 2. The summed E-state index contributed by atoms with van der Waals surface area (Å²) in [5, 5.41) is 52.2. The molecule has 0 aromatic heterocycles. The summed E-state index contributed by atoms with van der Waals surface area (Å²) in [6.07, 6.45) is -6.39. The molecule has 0 aromatic carbocycles. The molecule has 0 saturated carbocycles. The van der Waals surface area contributed by atoms with Crippen molar-refractivity contribution in [1.82, 2.24) is 0 Å². The maximum Gasteiger partial charge on any atom is 0.618 e. The molecule has 0 aliphatic carbocycles. The normalized spacial score (nSPS) is 17.9. The van der Waals surface area contributed by atoms with Crippen LogP contribution in [0.4, 0.5) is 0 Å². The zero-order valence-electron chi connectivity index (χ0n) is 7.87. The standard InChI is InChI=1S/C6H14O6.2ClH.Mg/c7-1-3(9)5(11)6(12)4(10)2-8;;;/h3-12H,1-2H2;2*1H;/q;;;+2/p-2/t3-,4-,5-,6-;;;/m1.../s1. The maximum atomic E-state index is 8.96. The van der Waals surface area contributed by atoms with E-state index in [4.69, 9.17) is 48.8 Å². The molecule has 0 spiro atoms. The molecule has 15 heavy (non-hydrogen) atoms. The average molecular weight is 277 g/mol. The number of hydrogen-bond acceptors (Lipinski definition) is 6. The first-order chi connectivity index (χ1) is 6.95. The van der Waals surface area contributed by atoms with Gasteiger partial charge in [-0.15, -0.1) is 0 Å². The zero-order chi connectivity index (χ0) is 12.4. The van der Waals surface area contributed by atoms with E-state index in [1.54, 1.807) is 0 Å². The van der Waals surface area contributed by atoms with Crippen LogP contribution in [0.3, 0.4) is 0 Å². The summed E-state index contributed by atoms with van der Waals surface area (Å²) < 4.78 is 0. The Morgan fingerprint density at radius 1 is 0.800 bits per heavy atom. The second kappa shape index (κ2) is 11.6. The fourth-order valence-electron chi connectivity index (χ4n) is 0.671. The first-order valence-electron chi connectivity index (χ1n) is 4.02. The molecule has 0 rings (SSSR count). The lowest BCUT2D eigenvalue weighted by atomic mass is 10.0. The van der Waals surface area contributed by atoms with E-state index in [1.165, 1.54) is 0 Å². The molecule has 0 aromatic rings. The predicted octanol–water partition coefficient (Wildman–Crippen LogP) is -2.59. The summed E-state index contributed by atoms with van der Waals surface area (Å²) >= 11 is -0.639. The average Bonchev–Trinajstić information content (AvgIpc) is 2.25. The highest BCUT2D eigenvalue weighted by Crippen LogP contribution is 2.03. The van der Waals surface area contributed by atoms with Gasteiger partial charge in [0.05, 0.1) is 13.2 Å². The highest BCUT2D eigenvalue weighted by molar-refractivity contribution is 7.22. The van der Waals surface area contributed by atoms with E-state index in [1.807, 2.05) is 0 Å². The van der Waals surface area contributed by atoms with Crippen LogP contribution in [-0.2, 0) is 0 Å². The minimum atomic E-state index is -1.67. The molecule has 0 radical (unpaired) electrons. The van der Waals surface area contributed by atoms with E-state index in [0.717, 1.165) is 0 Å². The molecule has 0 aliphatic heterocycles. The third-order valence-corrected chi connectivity index (χ3v) is 1.51. The zero-order valence-corrected chi connectivity index (χ0v) is 10.8. The van der Waals surface area contributed by atoms with Crippen molar-refractivity contribution < 1.29 is 30.6 Å². The Balaban J connectivity index is 0. The van der Waals surface area contributed by atoms with Gasteiger partial charge in [0.2, 0.25) is 0 Å². The van der Waals surface area contributed by atoms with E-state index < -0.39 is 55.8 Å². The highest BCUT2D eigenvalue weighted by atomic mass is 35.6. The summed E-state index contributed by atoms with van der Waals surface area (Å²) in [6.45, 7) is -1.45. The van der Waals surface area contributed by atoms with Crippen LogP contribution in [0, 0.1) is 0 Å². The van der Waals surface area contributed by atoms with E-state index in [-0.39, 0.29) is 0 Å². The minimum Gasteiger partial charge on any atom is -0.394 e. The summed E-state index contributed by atoms with van der Waals surface area (Å²) in [6, 6.07) is 0. The molecule has 6 nitrogen and oxygen atoms in total. The Morgan fingerprint density at radius 3 is 1.13 bits per heavy atom. The lowest BCUT2D eigenvalue weighted by Gasteiger charge is -2.24. The quantitative estimate of drug-likeness (QED) is 0.307. The topological polar surface area (TPSA) is 121 Å². The van der Waals surface area contributed by atoms with Gasteiger partial charge in [-0.05, 0) is 0 Å². The number of aliphatic hydroxyl groups excluding tert-OH is 6. The van der Waals surface area contributed by atoms with Gasteiger partial charge in [-0.2, -0.15) is 0 Å². The smallest absolute Gasteiger partial charge is 0.394 e. The van der Waals surface area contributed by atoms with Gasteiger partial charge >= 0.3 is 18.2 Å². The molecule has 9 heteroatoms. The molecular weight excluding hydrogens is 263 g/mol. The Kier molecular flexibility index (Phi) is 14.3. The SMILES string of the molecule is OC[C@@H](O)[C@@H](O)[C@H](O)[C@H](O)CO.[Cl][Mg][Cl]. The lowest BCUT2D eigenvalue weighted by molar-refractivity contribution is -0.123. The van der Waals surface area contributed by atoms with Crippen molar-refractivity contribution in [2.75, 3.05) is 13.2 Å². The predicted molar refractivity (Wildman–Crippen MR) is 55.7 cm³/mol. The Morgan fingerprint density at radius 2 is 1.00 bits per heavy atom. The summed E-state index contributed by atoms with van der Waals surface area (Å²) in [7, 11) is 9.81. The van der Waals surface area contributed by atoms with Crippen LogP contribution in [0.1, 0.15) is 0 Å². The Hall–Kier alpha value is 1.11. The number of aliphatic hydroxyl groups is 6. The lowest BCUT2D eigenvalue weighted by Crippen LogP contribution is -2.46. The number of rotatable bonds is 5. The molecular formula is C6H14Cl2MgO6. The molecule has 0 bridgehead atoms. The van der Waals surface area contributed by atoms with Crippen LogP contribution in [0.25, 0.3) is 0 Å². The molecule has 90 valence electrons. The number of hydrogen-bond donors (Lipinski definition) is 6. The van der Waals surface area contributed by atoms with Gasteiger partial charge in [0, 0.05) is 0 Å². The molecule has 0 heterocycles. The van der Waals surface area contributed by atoms with Crippen LogP contribution in [0.2, 0.25) is 0 Å². The van der Waals surface area contributed by atoms with Gasteiger partial charge in [0.25, 0.3) is 0 Å². The van der Waals surface area contributed by atoms with Gasteiger partial charge in [0.1, 0.15) is 24.4 Å². The maximum absolute atomic E-state index is 8.96. The van der Waals surface area contributed by atoms with Crippen molar-refractivity contribution in [3.63, 3.8) is 0 Å². The Bertz CT molecular complexity index is 129. The van der Waals surface area contributed by atoms with Crippen LogP contribution in [0.15, 0.2) is 0 Å². The molecule has 6 N–H and O–H groups in total. The molecule has 0 fully saturated rings. The van der Waals surface area contributed by atoms with Crippen molar-refractivity contribution in [2.24, 2.45) is 0 Å². The molecule has 4 atom stereocenters. The van der Waals surface area contributed by atoms with Crippen molar-refractivity contribution in [1.29, 1.82) is 0 Å². The monoisotopic (exact) mass is 276 g/mol.